The molecule has 29 heavy (non-hydrogen) atoms. The summed E-state index contributed by atoms with van der Waals surface area (Å²) in [5, 5.41) is 3.29. The lowest BCUT2D eigenvalue weighted by molar-refractivity contribution is -0.116. The maximum absolute atomic E-state index is 12.6. The molecule has 156 valence electrons. The third kappa shape index (κ3) is 5.69. The van der Waals surface area contributed by atoms with Crippen molar-refractivity contribution in [1.29, 1.82) is 0 Å². The molecule has 1 heterocycles. The highest BCUT2D eigenvalue weighted by molar-refractivity contribution is 6.42. The topological polar surface area (TPSA) is 130 Å². The van der Waals surface area contributed by atoms with Gasteiger partial charge in [0.15, 0.2) is 5.78 Å². The van der Waals surface area contributed by atoms with Crippen LogP contribution in [0.5, 0.6) is 0 Å². The highest BCUT2D eigenvalue weighted by Gasteiger charge is 2.21. The van der Waals surface area contributed by atoms with Crippen molar-refractivity contribution in [3.8, 4) is 0 Å². The standard InChI is InChI=1S/C18H21Cl2N5O4/c1-3-6-25-16(21)15(17(28)23-18(25)29)13(26)8-24(2)9-14(27)22-10-4-5-11(19)12(20)7-10/h4-5,7H,3,6,8-9,21H2,1-2H3,(H,22,27)(H,23,28,29). The number of hydrogen-bond donors (Lipinski definition) is 3. The largest absolute Gasteiger partial charge is 0.384 e. The highest BCUT2D eigenvalue weighted by Crippen LogP contribution is 2.24. The van der Waals surface area contributed by atoms with E-state index in [0.717, 1.165) is 4.57 Å². The fraction of sp³-hybridized carbons (Fsp3) is 0.333. The molecule has 0 atom stereocenters. The molecule has 0 saturated carbocycles. The van der Waals surface area contributed by atoms with Gasteiger partial charge in [-0.15, -0.1) is 0 Å². The Morgan fingerprint density at radius 2 is 1.90 bits per heavy atom. The Balaban J connectivity index is 2.08. The Morgan fingerprint density at radius 1 is 1.21 bits per heavy atom. The zero-order valence-electron chi connectivity index (χ0n) is 15.9. The number of nitrogens with one attached hydrogen (secondary N) is 2. The van der Waals surface area contributed by atoms with Gasteiger partial charge in [-0.3, -0.25) is 28.8 Å². The van der Waals surface area contributed by atoms with Crippen LogP contribution in [0.1, 0.15) is 23.7 Å². The molecule has 0 radical (unpaired) electrons. The number of hydrogen-bond acceptors (Lipinski definition) is 6. The van der Waals surface area contributed by atoms with Gasteiger partial charge in [-0.1, -0.05) is 30.1 Å². The van der Waals surface area contributed by atoms with Gasteiger partial charge in [0.25, 0.3) is 5.56 Å². The summed E-state index contributed by atoms with van der Waals surface area (Å²) >= 11 is 11.7. The first-order valence-corrected chi connectivity index (χ1v) is 9.48. The number of rotatable bonds is 8. The summed E-state index contributed by atoms with van der Waals surface area (Å²) in [7, 11) is 1.54. The zero-order chi connectivity index (χ0) is 21.7. The number of Topliss-reactive ketones (excluding diaryl/α,β-unsaturated/α-hetero) is 1. The van der Waals surface area contributed by atoms with Crippen LogP contribution in [0.15, 0.2) is 27.8 Å². The lowest BCUT2D eigenvalue weighted by Gasteiger charge is -2.17. The van der Waals surface area contributed by atoms with Crippen molar-refractivity contribution in [2.45, 2.75) is 19.9 Å². The minimum absolute atomic E-state index is 0.127. The van der Waals surface area contributed by atoms with Crippen LogP contribution in [0, 0.1) is 0 Å². The average Bonchev–Trinajstić information content (AvgIpc) is 2.61. The molecule has 0 unspecified atom stereocenters. The van der Waals surface area contributed by atoms with Gasteiger partial charge >= 0.3 is 5.69 Å². The molecule has 0 fully saturated rings. The summed E-state index contributed by atoms with van der Waals surface area (Å²) < 4.78 is 1.14. The molecule has 1 aromatic carbocycles. The van der Waals surface area contributed by atoms with Crippen LogP contribution in [0.2, 0.25) is 10.0 Å². The number of nitrogens with zero attached hydrogens (tertiary/aromatic N) is 2. The molecular weight excluding hydrogens is 421 g/mol. The SMILES string of the molecule is CCCn1c(N)c(C(=O)CN(C)CC(=O)Nc2ccc(Cl)c(Cl)c2)c(=O)[nH]c1=O. The van der Waals surface area contributed by atoms with E-state index in [1.54, 1.807) is 19.2 Å². The van der Waals surface area contributed by atoms with Crippen LogP contribution in [0.4, 0.5) is 11.5 Å². The van der Waals surface area contributed by atoms with E-state index in [9.17, 15) is 19.2 Å². The lowest BCUT2D eigenvalue weighted by atomic mass is 10.2. The first-order chi connectivity index (χ1) is 13.6. The van der Waals surface area contributed by atoms with Gasteiger partial charge in [0.05, 0.1) is 23.1 Å². The van der Waals surface area contributed by atoms with Gasteiger partial charge in [0.2, 0.25) is 5.91 Å². The van der Waals surface area contributed by atoms with Crippen molar-refractivity contribution in [3.63, 3.8) is 0 Å². The Bertz CT molecular complexity index is 1050. The van der Waals surface area contributed by atoms with Crippen molar-refractivity contribution in [3.05, 3.63) is 54.6 Å². The number of aromatic amines is 1. The lowest BCUT2D eigenvalue weighted by Crippen LogP contribution is -2.40. The van der Waals surface area contributed by atoms with Crippen molar-refractivity contribution < 1.29 is 9.59 Å². The first kappa shape index (κ1) is 22.7. The Morgan fingerprint density at radius 3 is 2.52 bits per heavy atom. The number of anilines is 2. The predicted octanol–water partition coefficient (Wildman–Crippen LogP) is 1.59. The molecule has 1 amide bonds. The van der Waals surface area contributed by atoms with Crippen molar-refractivity contribution >= 4 is 46.4 Å². The van der Waals surface area contributed by atoms with Crippen LogP contribution in [0.3, 0.4) is 0 Å². The molecular formula is C18H21Cl2N5O4. The number of carbonyl (C=O) groups excluding carboxylic acids is 2. The number of amides is 1. The quantitative estimate of drug-likeness (QED) is 0.533. The van der Waals surface area contributed by atoms with E-state index in [4.69, 9.17) is 28.9 Å². The summed E-state index contributed by atoms with van der Waals surface area (Å²) in [4.78, 5) is 52.2. The monoisotopic (exact) mass is 441 g/mol. The van der Waals surface area contributed by atoms with E-state index in [-0.39, 0.29) is 31.0 Å². The fourth-order valence-electron chi connectivity index (χ4n) is 2.70. The van der Waals surface area contributed by atoms with Crippen LogP contribution >= 0.6 is 23.2 Å². The number of aromatic nitrogens is 2. The number of likely N-dealkylation sites (N-methyl/N-ethyl adjacent to an activating group) is 1. The van der Waals surface area contributed by atoms with Crippen LogP contribution in [-0.2, 0) is 11.3 Å². The van der Waals surface area contributed by atoms with E-state index in [1.165, 1.54) is 11.0 Å². The summed E-state index contributed by atoms with van der Waals surface area (Å²) in [6.45, 7) is 1.73. The molecule has 9 nitrogen and oxygen atoms in total. The number of nitrogens with two attached hydrogens (primary N) is 1. The predicted molar refractivity (Wildman–Crippen MR) is 113 cm³/mol. The summed E-state index contributed by atoms with van der Waals surface area (Å²) in [5.74, 6) is -1.17. The number of halogens is 2. The van der Waals surface area contributed by atoms with Gasteiger partial charge in [-0.2, -0.15) is 0 Å². The molecule has 2 rings (SSSR count). The summed E-state index contributed by atoms with van der Waals surface area (Å²) in [6, 6.07) is 4.64. The number of nitrogen functional groups attached to an aromatic ring is 1. The van der Waals surface area contributed by atoms with E-state index < -0.39 is 22.9 Å². The normalized spacial score (nSPS) is 10.9. The van der Waals surface area contributed by atoms with Gasteiger partial charge < -0.3 is 11.1 Å². The number of carbonyl (C=O) groups is 2. The average molecular weight is 442 g/mol. The van der Waals surface area contributed by atoms with Crippen molar-refractivity contribution in [2.75, 3.05) is 31.2 Å². The summed E-state index contributed by atoms with van der Waals surface area (Å²) in [5.41, 5.74) is 4.52. The van der Waals surface area contributed by atoms with Gasteiger partial charge in [-0.05, 0) is 31.7 Å². The summed E-state index contributed by atoms with van der Waals surface area (Å²) in [6.07, 6.45) is 0.596. The second kappa shape index (κ2) is 9.73. The molecule has 4 N–H and O–H groups in total. The van der Waals surface area contributed by atoms with Gasteiger partial charge in [0, 0.05) is 12.2 Å². The maximum Gasteiger partial charge on any atom is 0.329 e. The van der Waals surface area contributed by atoms with Crippen molar-refractivity contribution in [2.24, 2.45) is 0 Å². The van der Waals surface area contributed by atoms with E-state index in [2.05, 4.69) is 10.3 Å². The van der Waals surface area contributed by atoms with Crippen LogP contribution < -0.4 is 22.3 Å². The van der Waals surface area contributed by atoms with Gasteiger partial charge in [-0.25, -0.2) is 4.79 Å². The van der Waals surface area contributed by atoms with E-state index in [1.807, 2.05) is 6.92 Å². The van der Waals surface area contributed by atoms with Crippen LogP contribution in [0.25, 0.3) is 0 Å². The molecule has 1 aromatic heterocycles. The minimum Gasteiger partial charge on any atom is -0.384 e. The molecule has 0 bridgehead atoms. The maximum atomic E-state index is 12.6. The smallest absolute Gasteiger partial charge is 0.329 e. The number of benzene rings is 1. The van der Waals surface area contributed by atoms with E-state index in [0.29, 0.717) is 22.2 Å². The Hall–Kier alpha value is -2.62. The first-order valence-electron chi connectivity index (χ1n) is 8.73. The molecule has 0 aliphatic rings. The molecule has 0 spiro atoms. The van der Waals surface area contributed by atoms with E-state index >= 15 is 0 Å². The molecule has 0 saturated heterocycles. The fourth-order valence-corrected chi connectivity index (χ4v) is 3.00. The minimum atomic E-state index is -0.849. The number of ketones is 1. The Kier molecular flexibility index (Phi) is 7.60. The second-order valence-corrected chi connectivity index (χ2v) is 7.26. The van der Waals surface area contributed by atoms with Crippen molar-refractivity contribution in [1.82, 2.24) is 14.5 Å². The third-order valence-electron chi connectivity index (χ3n) is 4.00. The van der Waals surface area contributed by atoms with Crippen LogP contribution in [-0.4, -0.2) is 46.3 Å². The molecule has 2 aromatic rings. The Labute approximate surface area is 176 Å². The zero-order valence-corrected chi connectivity index (χ0v) is 17.4. The molecule has 0 aliphatic carbocycles. The number of H-pyrrole nitrogens is 1. The third-order valence-corrected chi connectivity index (χ3v) is 4.74. The second-order valence-electron chi connectivity index (χ2n) is 6.44. The highest BCUT2D eigenvalue weighted by atomic mass is 35.5. The molecule has 11 heteroatoms. The molecule has 0 aliphatic heterocycles. The van der Waals surface area contributed by atoms with Gasteiger partial charge in [0.1, 0.15) is 11.4 Å².